The number of benzene rings is 1. The van der Waals surface area contributed by atoms with Crippen molar-refractivity contribution in [1.82, 2.24) is 19.4 Å². The van der Waals surface area contributed by atoms with Crippen LogP contribution in [0.2, 0.25) is 0 Å². The second-order valence-corrected chi connectivity index (χ2v) is 5.53. The van der Waals surface area contributed by atoms with Crippen molar-refractivity contribution in [1.29, 1.82) is 0 Å². The lowest BCUT2D eigenvalue weighted by molar-refractivity contribution is -0.125. The van der Waals surface area contributed by atoms with Gasteiger partial charge in [-0.15, -0.1) is 0 Å². The summed E-state index contributed by atoms with van der Waals surface area (Å²) in [6.07, 6.45) is 3.72. The zero-order valence-corrected chi connectivity index (χ0v) is 12.8. The quantitative estimate of drug-likeness (QED) is 0.770. The molecule has 1 aliphatic heterocycles. The van der Waals surface area contributed by atoms with Crippen LogP contribution in [0.5, 0.6) is 0 Å². The van der Waals surface area contributed by atoms with E-state index in [1.54, 1.807) is 4.68 Å². The maximum absolute atomic E-state index is 12.5. The van der Waals surface area contributed by atoms with E-state index in [9.17, 15) is 9.59 Å². The standard InChI is InChI=1S/C16H15N5O3/c22-15(13-7-4-8-24-13)19-20-10-17-14-12(16(20)23)9-18-21(14)11-5-2-1-3-6-11/h1-3,5-6,9-10,13H,4,7-8H2,(H,19,22)/t13-/m1/s1. The SMILES string of the molecule is O=C(Nn1cnc2c(cnn2-c2ccccc2)c1=O)[C@H]1CCCO1. The van der Waals surface area contributed by atoms with E-state index >= 15 is 0 Å². The second-order valence-electron chi connectivity index (χ2n) is 5.53. The van der Waals surface area contributed by atoms with Crippen LogP contribution in [0.4, 0.5) is 0 Å². The van der Waals surface area contributed by atoms with Gasteiger partial charge in [0.2, 0.25) is 0 Å². The summed E-state index contributed by atoms with van der Waals surface area (Å²) in [6.45, 7) is 0.564. The summed E-state index contributed by atoms with van der Waals surface area (Å²) < 4.78 is 7.97. The van der Waals surface area contributed by atoms with Crippen LogP contribution in [0.15, 0.2) is 47.7 Å². The van der Waals surface area contributed by atoms with Crippen LogP contribution in [0.25, 0.3) is 16.7 Å². The highest BCUT2D eigenvalue weighted by molar-refractivity contribution is 5.88. The van der Waals surface area contributed by atoms with Gasteiger partial charge in [0.15, 0.2) is 5.65 Å². The topological polar surface area (TPSA) is 91.0 Å². The number of amides is 1. The predicted molar refractivity (Wildman–Crippen MR) is 86.5 cm³/mol. The van der Waals surface area contributed by atoms with Crippen LogP contribution in [0.3, 0.4) is 0 Å². The third-order valence-electron chi connectivity index (χ3n) is 3.94. The number of carbonyl (C=O) groups is 1. The number of para-hydroxylation sites is 1. The predicted octanol–water partition coefficient (Wildman–Crippen LogP) is 0.831. The average molecular weight is 325 g/mol. The first-order valence-electron chi connectivity index (χ1n) is 7.67. The molecule has 1 aromatic carbocycles. The van der Waals surface area contributed by atoms with Gasteiger partial charge in [0.25, 0.3) is 11.5 Å². The Morgan fingerprint density at radius 2 is 2.12 bits per heavy atom. The number of hydrogen-bond acceptors (Lipinski definition) is 5. The van der Waals surface area contributed by atoms with Gasteiger partial charge in [-0.25, -0.2) is 14.3 Å². The third-order valence-corrected chi connectivity index (χ3v) is 3.94. The Morgan fingerprint density at radius 3 is 2.88 bits per heavy atom. The highest BCUT2D eigenvalue weighted by Gasteiger charge is 2.24. The largest absolute Gasteiger partial charge is 0.368 e. The average Bonchev–Trinajstić information content (AvgIpc) is 3.28. The van der Waals surface area contributed by atoms with E-state index in [-0.39, 0.29) is 11.5 Å². The van der Waals surface area contributed by atoms with E-state index in [4.69, 9.17) is 4.74 Å². The smallest absolute Gasteiger partial charge is 0.283 e. The Morgan fingerprint density at radius 1 is 1.29 bits per heavy atom. The Hall–Kier alpha value is -3.00. The molecule has 0 bridgehead atoms. The fraction of sp³-hybridized carbons (Fsp3) is 0.250. The highest BCUT2D eigenvalue weighted by atomic mass is 16.5. The lowest BCUT2D eigenvalue weighted by Gasteiger charge is -2.11. The summed E-state index contributed by atoms with van der Waals surface area (Å²) in [5.41, 5.74) is 3.40. The summed E-state index contributed by atoms with van der Waals surface area (Å²) in [4.78, 5) is 28.9. The monoisotopic (exact) mass is 325 g/mol. The van der Waals surface area contributed by atoms with Crippen molar-refractivity contribution in [2.45, 2.75) is 18.9 Å². The van der Waals surface area contributed by atoms with Crippen molar-refractivity contribution < 1.29 is 9.53 Å². The molecular weight excluding hydrogens is 310 g/mol. The number of nitrogens with one attached hydrogen (secondary N) is 1. The molecule has 1 N–H and O–H groups in total. The molecule has 0 radical (unpaired) electrons. The molecule has 8 heteroatoms. The first kappa shape index (κ1) is 14.6. The Balaban J connectivity index is 1.69. The summed E-state index contributed by atoms with van der Waals surface area (Å²) >= 11 is 0. The van der Waals surface area contributed by atoms with E-state index in [2.05, 4.69) is 15.5 Å². The summed E-state index contributed by atoms with van der Waals surface area (Å²) in [6, 6.07) is 9.41. The Labute approximate surface area is 136 Å². The van der Waals surface area contributed by atoms with E-state index in [1.807, 2.05) is 30.3 Å². The molecule has 1 fully saturated rings. The number of carbonyl (C=O) groups excluding carboxylic acids is 1. The first-order chi connectivity index (χ1) is 11.7. The molecule has 1 amide bonds. The van der Waals surface area contributed by atoms with E-state index in [0.29, 0.717) is 24.1 Å². The Kier molecular flexibility index (Phi) is 3.58. The molecule has 0 saturated carbocycles. The van der Waals surface area contributed by atoms with E-state index in [0.717, 1.165) is 16.8 Å². The lowest BCUT2D eigenvalue weighted by atomic mass is 10.2. The molecule has 4 rings (SSSR count). The van der Waals surface area contributed by atoms with Crippen LogP contribution < -0.4 is 11.0 Å². The number of fused-ring (bicyclic) bond motifs is 1. The maximum Gasteiger partial charge on any atom is 0.283 e. The number of aromatic nitrogens is 4. The maximum atomic E-state index is 12.5. The van der Waals surface area contributed by atoms with Gasteiger partial charge in [-0.2, -0.15) is 5.10 Å². The van der Waals surface area contributed by atoms with Crippen LogP contribution >= 0.6 is 0 Å². The summed E-state index contributed by atoms with van der Waals surface area (Å²) in [5, 5.41) is 4.56. The molecule has 1 atom stereocenters. The molecule has 1 aliphatic rings. The molecule has 8 nitrogen and oxygen atoms in total. The minimum atomic E-state index is -0.514. The van der Waals surface area contributed by atoms with Crippen molar-refractivity contribution in [2.24, 2.45) is 0 Å². The molecular formula is C16H15N5O3. The summed E-state index contributed by atoms with van der Waals surface area (Å²) in [5.74, 6) is -0.341. The molecule has 1 saturated heterocycles. The highest BCUT2D eigenvalue weighted by Crippen LogP contribution is 2.14. The van der Waals surface area contributed by atoms with Crippen molar-refractivity contribution in [2.75, 3.05) is 12.0 Å². The fourth-order valence-electron chi connectivity index (χ4n) is 2.72. The minimum absolute atomic E-state index is 0.328. The van der Waals surface area contributed by atoms with E-state index in [1.165, 1.54) is 12.5 Å². The molecule has 0 spiro atoms. The number of hydrogen-bond donors (Lipinski definition) is 1. The van der Waals surface area contributed by atoms with Gasteiger partial charge in [0.1, 0.15) is 17.8 Å². The van der Waals surface area contributed by atoms with Crippen molar-refractivity contribution in [3.8, 4) is 5.69 Å². The van der Waals surface area contributed by atoms with Gasteiger partial charge in [0, 0.05) is 6.61 Å². The molecule has 3 heterocycles. The van der Waals surface area contributed by atoms with Gasteiger partial charge in [0.05, 0.1) is 11.9 Å². The first-order valence-corrected chi connectivity index (χ1v) is 7.67. The number of nitrogens with zero attached hydrogens (tertiary/aromatic N) is 4. The van der Waals surface area contributed by atoms with Gasteiger partial charge in [-0.05, 0) is 25.0 Å². The molecule has 2 aromatic heterocycles. The van der Waals surface area contributed by atoms with Crippen LogP contribution in [-0.4, -0.2) is 38.1 Å². The Bertz CT molecular complexity index is 941. The van der Waals surface area contributed by atoms with Gasteiger partial charge in [-0.1, -0.05) is 18.2 Å². The molecule has 122 valence electrons. The number of rotatable bonds is 3. The minimum Gasteiger partial charge on any atom is -0.368 e. The van der Waals surface area contributed by atoms with Crippen LogP contribution in [-0.2, 0) is 9.53 Å². The van der Waals surface area contributed by atoms with Gasteiger partial charge in [-0.3, -0.25) is 15.0 Å². The fourth-order valence-corrected chi connectivity index (χ4v) is 2.72. The zero-order valence-electron chi connectivity index (χ0n) is 12.8. The van der Waals surface area contributed by atoms with Crippen LogP contribution in [0, 0.1) is 0 Å². The second kappa shape index (κ2) is 5.89. The van der Waals surface area contributed by atoms with Gasteiger partial charge < -0.3 is 4.74 Å². The molecule has 3 aromatic rings. The normalized spacial score (nSPS) is 17.2. The molecule has 0 aliphatic carbocycles. The van der Waals surface area contributed by atoms with Crippen LogP contribution in [0.1, 0.15) is 12.8 Å². The summed E-state index contributed by atoms with van der Waals surface area (Å²) in [7, 11) is 0. The third kappa shape index (κ3) is 2.46. The zero-order chi connectivity index (χ0) is 16.5. The van der Waals surface area contributed by atoms with Crippen molar-refractivity contribution >= 4 is 16.9 Å². The molecule has 0 unspecified atom stereocenters. The van der Waals surface area contributed by atoms with Gasteiger partial charge >= 0.3 is 0 Å². The van der Waals surface area contributed by atoms with E-state index < -0.39 is 6.10 Å². The van der Waals surface area contributed by atoms with Crippen molar-refractivity contribution in [3.05, 3.63) is 53.2 Å². The van der Waals surface area contributed by atoms with Crippen molar-refractivity contribution in [3.63, 3.8) is 0 Å². The lowest BCUT2D eigenvalue weighted by Crippen LogP contribution is -2.38. The number of ether oxygens (including phenoxy) is 1. The molecule has 24 heavy (non-hydrogen) atoms.